The number of carbonyl (C=O) groups excluding carboxylic acids is 1. The van der Waals surface area contributed by atoms with Gasteiger partial charge in [-0.2, -0.15) is 0 Å². The highest BCUT2D eigenvalue weighted by molar-refractivity contribution is 7.99. The van der Waals surface area contributed by atoms with Gasteiger partial charge in [0, 0.05) is 17.7 Å². The van der Waals surface area contributed by atoms with E-state index in [1.54, 1.807) is 0 Å². The van der Waals surface area contributed by atoms with Crippen LogP contribution in [0, 0.1) is 0 Å². The molecule has 2 N–H and O–H groups in total. The number of hydrogen-bond donors (Lipinski definition) is 2. The number of rotatable bonds is 8. The molecule has 0 bridgehead atoms. The molecule has 9 heteroatoms. The van der Waals surface area contributed by atoms with Crippen molar-refractivity contribution < 1.29 is 14.7 Å². The molecule has 0 aliphatic carbocycles. The quantitative estimate of drug-likeness (QED) is 0.692. The summed E-state index contributed by atoms with van der Waals surface area (Å²) in [7, 11) is 0. The SMILES string of the molecule is O=C(O)CSCCNC(=O)Cc1csc(-c2ccc(Cl)s2)n1. The first-order chi connectivity index (χ1) is 10.5. The van der Waals surface area contributed by atoms with Gasteiger partial charge in [0.25, 0.3) is 0 Å². The summed E-state index contributed by atoms with van der Waals surface area (Å²) in [4.78, 5) is 27.5. The summed E-state index contributed by atoms with van der Waals surface area (Å²) in [5, 5.41) is 14.0. The van der Waals surface area contributed by atoms with E-state index in [1.807, 2.05) is 17.5 Å². The van der Waals surface area contributed by atoms with Gasteiger partial charge in [-0.25, -0.2) is 4.98 Å². The van der Waals surface area contributed by atoms with Crippen LogP contribution in [-0.4, -0.2) is 40.0 Å². The number of hydrogen-bond acceptors (Lipinski definition) is 6. The fraction of sp³-hybridized carbons (Fsp3) is 0.308. The highest BCUT2D eigenvalue weighted by atomic mass is 35.5. The fourth-order valence-electron chi connectivity index (χ4n) is 1.58. The Labute approximate surface area is 144 Å². The second-order valence-electron chi connectivity index (χ2n) is 4.22. The van der Waals surface area contributed by atoms with Crippen LogP contribution >= 0.6 is 46.0 Å². The van der Waals surface area contributed by atoms with Crippen LogP contribution in [0.5, 0.6) is 0 Å². The Morgan fingerprint density at radius 2 is 2.23 bits per heavy atom. The maximum atomic E-state index is 11.8. The van der Waals surface area contributed by atoms with Crippen LogP contribution in [0.2, 0.25) is 4.34 Å². The molecule has 0 fully saturated rings. The van der Waals surface area contributed by atoms with Gasteiger partial charge in [-0.15, -0.1) is 34.4 Å². The average molecular weight is 377 g/mol. The minimum Gasteiger partial charge on any atom is -0.481 e. The predicted molar refractivity (Wildman–Crippen MR) is 92.1 cm³/mol. The highest BCUT2D eigenvalue weighted by Gasteiger charge is 2.10. The normalized spacial score (nSPS) is 10.6. The number of thioether (sulfide) groups is 1. The lowest BCUT2D eigenvalue weighted by atomic mass is 10.3. The number of nitrogens with zero attached hydrogens (tertiary/aromatic N) is 1. The molecule has 22 heavy (non-hydrogen) atoms. The van der Waals surface area contributed by atoms with E-state index in [4.69, 9.17) is 16.7 Å². The van der Waals surface area contributed by atoms with Crippen LogP contribution in [-0.2, 0) is 16.0 Å². The van der Waals surface area contributed by atoms with Gasteiger partial charge in [0.2, 0.25) is 5.91 Å². The van der Waals surface area contributed by atoms with Crippen molar-refractivity contribution in [2.75, 3.05) is 18.1 Å². The molecule has 118 valence electrons. The van der Waals surface area contributed by atoms with Gasteiger partial charge in [-0.3, -0.25) is 9.59 Å². The molecule has 2 heterocycles. The highest BCUT2D eigenvalue weighted by Crippen LogP contribution is 2.32. The Hall–Kier alpha value is -1.09. The van der Waals surface area contributed by atoms with E-state index in [2.05, 4.69) is 10.3 Å². The molecule has 0 aromatic carbocycles. The Kier molecular flexibility index (Phi) is 6.69. The molecule has 2 rings (SSSR count). The zero-order valence-corrected chi connectivity index (χ0v) is 14.6. The van der Waals surface area contributed by atoms with E-state index in [1.165, 1.54) is 34.4 Å². The van der Waals surface area contributed by atoms with E-state index in [-0.39, 0.29) is 18.1 Å². The minimum absolute atomic E-state index is 0.0503. The molecule has 0 unspecified atom stereocenters. The van der Waals surface area contributed by atoms with Crippen molar-refractivity contribution >= 4 is 57.9 Å². The fourth-order valence-corrected chi connectivity index (χ4v) is 4.08. The van der Waals surface area contributed by atoms with Crippen molar-refractivity contribution in [1.29, 1.82) is 0 Å². The zero-order chi connectivity index (χ0) is 15.9. The first-order valence-corrected chi connectivity index (χ1v) is 9.54. The van der Waals surface area contributed by atoms with Crippen molar-refractivity contribution in [3.8, 4) is 9.88 Å². The number of aromatic nitrogens is 1. The van der Waals surface area contributed by atoms with Crippen molar-refractivity contribution in [2.45, 2.75) is 6.42 Å². The van der Waals surface area contributed by atoms with Gasteiger partial charge < -0.3 is 10.4 Å². The predicted octanol–water partition coefficient (Wildman–Crippen LogP) is 3.00. The lowest BCUT2D eigenvalue weighted by Crippen LogP contribution is -2.27. The summed E-state index contributed by atoms with van der Waals surface area (Å²) in [6.45, 7) is 0.453. The van der Waals surface area contributed by atoms with E-state index in [9.17, 15) is 9.59 Å². The maximum absolute atomic E-state index is 11.8. The number of halogens is 1. The molecule has 0 saturated carbocycles. The second kappa shape index (κ2) is 8.52. The van der Waals surface area contributed by atoms with Gasteiger partial charge in [0.1, 0.15) is 5.01 Å². The summed E-state index contributed by atoms with van der Waals surface area (Å²) in [6.07, 6.45) is 0.221. The number of aliphatic carboxylic acids is 1. The van der Waals surface area contributed by atoms with Crippen molar-refractivity contribution in [3.63, 3.8) is 0 Å². The van der Waals surface area contributed by atoms with Gasteiger partial charge in [-0.05, 0) is 12.1 Å². The van der Waals surface area contributed by atoms with E-state index < -0.39 is 5.97 Å². The lowest BCUT2D eigenvalue weighted by Gasteiger charge is -2.02. The van der Waals surface area contributed by atoms with Crippen LogP contribution in [0.15, 0.2) is 17.5 Å². The minimum atomic E-state index is -0.847. The van der Waals surface area contributed by atoms with Crippen LogP contribution in [0.1, 0.15) is 5.69 Å². The smallest absolute Gasteiger partial charge is 0.313 e. The first-order valence-electron chi connectivity index (χ1n) is 6.31. The molecular formula is C13H13ClN2O3S3. The Morgan fingerprint density at radius 3 is 2.91 bits per heavy atom. The largest absolute Gasteiger partial charge is 0.481 e. The molecule has 2 aromatic heterocycles. The molecule has 1 amide bonds. The molecule has 0 spiro atoms. The molecule has 0 aliphatic rings. The number of carboxylic acid groups (broad SMARTS) is 1. The van der Waals surface area contributed by atoms with Crippen LogP contribution in [0.3, 0.4) is 0 Å². The lowest BCUT2D eigenvalue weighted by molar-refractivity contribution is -0.133. The topological polar surface area (TPSA) is 79.3 Å². The monoisotopic (exact) mass is 376 g/mol. The van der Waals surface area contributed by atoms with Crippen molar-refractivity contribution in [1.82, 2.24) is 10.3 Å². The molecular weight excluding hydrogens is 364 g/mol. The second-order valence-corrected chi connectivity index (χ2v) is 7.90. The number of thiazole rings is 1. The van der Waals surface area contributed by atoms with Gasteiger partial charge in [-0.1, -0.05) is 11.6 Å². The van der Waals surface area contributed by atoms with Crippen molar-refractivity contribution in [3.05, 3.63) is 27.5 Å². The molecule has 2 aromatic rings. The third-order valence-electron chi connectivity index (χ3n) is 2.47. The van der Waals surface area contributed by atoms with Crippen molar-refractivity contribution in [2.24, 2.45) is 0 Å². The summed E-state index contributed by atoms with van der Waals surface area (Å²) in [5.41, 5.74) is 0.722. The Balaban J connectivity index is 1.75. The van der Waals surface area contributed by atoms with Gasteiger partial charge >= 0.3 is 5.97 Å². The van der Waals surface area contributed by atoms with Gasteiger partial charge in [0.05, 0.1) is 27.1 Å². The van der Waals surface area contributed by atoms with Crippen LogP contribution in [0.25, 0.3) is 9.88 Å². The average Bonchev–Trinajstić information content (AvgIpc) is 3.07. The van der Waals surface area contributed by atoms with Gasteiger partial charge in [0.15, 0.2) is 0 Å². The summed E-state index contributed by atoms with van der Waals surface area (Å²) in [5.74, 6) is -0.333. The molecule has 5 nitrogen and oxygen atoms in total. The zero-order valence-electron chi connectivity index (χ0n) is 11.4. The summed E-state index contributed by atoms with van der Waals surface area (Å²) < 4.78 is 0.711. The maximum Gasteiger partial charge on any atom is 0.313 e. The number of carbonyl (C=O) groups is 2. The van der Waals surface area contributed by atoms with Crippen LogP contribution in [0.4, 0.5) is 0 Å². The van der Waals surface area contributed by atoms with Crippen LogP contribution < -0.4 is 5.32 Å². The Morgan fingerprint density at radius 1 is 1.41 bits per heavy atom. The Bertz CT molecular complexity index is 657. The molecule has 0 aliphatic heterocycles. The van der Waals surface area contributed by atoms with E-state index in [0.29, 0.717) is 16.6 Å². The summed E-state index contributed by atoms with van der Waals surface area (Å²) >= 11 is 10.1. The number of carboxylic acids is 1. The third-order valence-corrected chi connectivity index (χ3v) is 5.71. The summed E-state index contributed by atoms with van der Waals surface area (Å²) in [6, 6.07) is 3.74. The molecule has 0 saturated heterocycles. The third kappa shape index (κ3) is 5.60. The molecule has 0 atom stereocenters. The first kappa shape index (κ1) is 17.3. The van der Waals surface area contributed by atoms with E-state index in [0.717, 1.165) is 15.6 Å². The molecule has 0 radical (unpaired) electrons. The van der Waals surface area contributed by atoms with E-state index >= 15 is 0 Å². The number of nitrogens with one attached hydrogen (secondary N) is 1. The number of thiophene rings is 1. The standard InChI is InChI=1S/C13H13ClN2O3S3/c14-10-2-1-9(22-10)13-16-8(6-21-13)5-11(17)15-3-4-20-7-12(18)19/h1-2,6H,3-5,7H2,(H,15,17)(H,18,19). The number of amides is 1.